The molecule has 1 saturated heterocycles. The van der Waals surface area contributed by atoms with Crippen molar-refractivity contribution in [3.8, 4) is 0 Å². The predicted octanol–water partition coefficient (Wildman–Crippen LogP) is 2.33. The molecule has 25 heavy (non-hydrogen) atoms. The molecule has 0 amide bonds. The maximum absolute atomic E-state index is 12.7. The van der Waals surface area contributed by atoms with Crippen molar-refractivity contribution in [3.63, 3.8) is 0 Å². The maximum atomic E-state index is 12.7. The number of rotatable bonds is 5. The Morgan fingerprint density at radius 2 is 2.04 bits per heavy atom. The van der Waals surface area contributed by atoms with Gasteiger partial charge in [-0.15, -0.1) is 0 Å². The van der Waals surface area contributed by atoms with Crippen molar-refractivity contribution in [1.29, 1.82) is 0 Å². The summed E-state index contributed by atoms with van der Waals surface area (Å²) in [5.41, 5.74) is 1.94. The van der Waals surface area contributed by atoms with Gasteiger partial charge in [0.15, 0.2) is 0 Å². The van der Waals surface area contributed by atoms with Crippen molar-refractivity contribution in [3.05, 3.63) is 63.8 Å². The van der Waals surface area contributed by atoms with Gasteiger partial charge in [-0.05, 0) is 30.9 Å². The third-order valence-electron chi connectivity index (χ3n) is 4.94. The molecule has 0 bridgehead atoms. The number of nitrogens with zero attached hydrogens (tertiary/aromatic N) is 2. The molecule has 0 aliphatic carbocycles. The summed E-state index contributed by atoms with van der Waals surface area (Å²) in [6.07, 6.45) is 4.05. The summed E-state index contributed by atoms with van der Waals surface area (Å²) < 4.78 is 1.70. The highest BCUT2D eigenvalue weighted by Crippen LogP contribution is 2.22. The number of nitrogens with one attached hydrogen (secondary N) is 2. The van der Waals surface area contributed by atoms with E-state index in [1.54, 1.807) is 10.8 Å². The zero-order valence-electron chi connectivity index (χ0n) is 15.3. The van der Waals surface area contributed by atoms with E-state index in [-0.39, 0.29) is 17.5 Å². The van der Waals surface area contributed by atoms with Gasteiger partial charge in [0.05, 0.1) is 6.04 Å². The van der Waals surface area contributed by atoms with E-state index < -0.39 is 0 Å². The van der Waals surface area contributed by atoms with E-state index in [0.717, 1.165) is 42.9 Å². The first-order valence-electron chi connectivity index (χ1n) is 9.15. The van der Waals surface area contributed by atoms with Crippen molar-refractivity contribution in [2.75, 3.05) is 13.1 Å². The van der Waals surface area contributed by atoms with Crippen LogP contribution in [0.25, 0.3) is 0 Å². The molecule has 0 saturated carbocycles. The summed E-state index contributed by atoms with van der Waals surface area (Å²) in [5, 5.41) is 7.16. The molecule has 0 radical (unpaired) electrons. The van der Waals surface area contributed by atoms with E-state index in [1.165, 1.54) is 0 Å². The van der Waals surface area contributed by atoms with Gasteiger partial charge in [0.2, 0.25) is 0 Å². The average Bonchev–Trinajstić information content (AvgIpc) is 2.63. The van der Waals surface area contributed by atoms with Crippen LogP contribution in [0.1, 0.15) is 55.6 Å². The van der Waals surface area contributed by atoms with Crippen LogP contribution < -0.4 is 16.2 Å². The van der Waals surface area contributed by atoms with Crippen LogP contribution in [0.3, 0.4) is 0 Å². The van der Waals surface area contributed by atoms with Crippen LogP contribution in [0.2, 0.25) is 0 Å². The zero-order chi connectivity index (χ0) is 17.8. The Kier molecular flexibility index (Phi) is 5.66. The molecule has 2 atom stereocenters. The maximum Gasteiger partial charge on any atom is 0.256 e. The highest BCUT2D eigenvalue weighted by atomic mass is 16.1. The average molecular weight is 340 g/mol. The second kappa shape index (κ2) is 7.93. The van der Waals surface area contributed by atoms with Gasteiger partial charge in [0.1, 0.15) is 5.82 Å². The standard InChI is InChI=1S/C20H28N4O/c1-14(2)17-13-22-19(24(3)20(17)25)18(15-8-5-4-6-9-15)23-16-10-7-11-21-12-16/h4-6,8-9,13-14,16,18,21,23H,7,10-12H2,1-3H3/t16?,18-/m0/s1. The van der Waals surface area contributed by atoms with Crippen LogP contribution in [0, 0.1) is 0 Å². The molecular formula is C20H28N4O. The van der Waals surface area contributed by atoms with E-state index >= 15 is 0 Å². The van der Waals surface area contributed by atoms with Crippen molar-refractivity contribution in [1.82, 2.24) is 20.2 Å². The van der Waals surface area contributed by atoms with E-state index in [9.17, 15) is 4.79 Å². The summed E-state index contributed by atoms with van der Waals surface area (Å²) in [6, 6.07) is 10.5. The molecule has 0 spiro atoms. The van der Waals surface area contributed by atoms with Crippen LogP contribution in [0.15, 0.2) is 41.3 Å². The van der Waals surface area contributed by atoms with Gasteiger partial charge >= 0.3 is 0 Å². The van der Waals surface area contributed by atoms with Crippen LogP contribution in [-0.4, -0.2) is 28.7 Å². The fourth-order valence-electron chi connectivity index (χ4n) is 3.43. The number of hydrogen-bond donors (Lipinski definition) is 2. The first-order valence-corrected chi connectivity index (χ1v) is 9.15. The van der Waals surface area contributed by atoms with Gasteiger partial charge < -0.3 is 5.32 Å². The number of hydrogen-bond acceptors (Lipinski definition) is 4. The molecule has 2 N–H and O–H groups in total. The number of aromatic nitrogens is 2. The summed E-state index contributed by atoms with van der Waals surface area (Å²) in [6.45, 7) is 6.08. The molecule has 134 valence electrons. The molecule has 5 nitrogen and oxygen atoms in total. The normalized spacial score (nSPS) is 19.1. The molecule has 5 heteroatoms. The van der Waals surface area contributed by atoms with Crippen LogP contribution in [0.4, 0.5) is 0 Å². The Hall–Kier alpha value is -1.98. The SMILES string of the molecule is CC(C)c1cnc([C@@H](NC2CCCNC2)c2ccccc2)n(C)c1=O. The lowest BCUT2D eigenvalue weighted by Gasteiger charge is -2.30. The summed E-state index contributed by atoms with van der Waals surface area (Å²) in [4.78, 5) is 17.4. The van der Waals surface area contributed by atoms with Crippen LogP contribution >= 0.6 is 0 Å². The molecule has 1 aliphatic rings. The Morgan fingerprint density at radius 1 is 1.28 bits per heavy atom. The van der Waals surface area contributed by atoms with E-state index in [1.807, 2.05) is 39.1 Å². The Morgan fingerprint density at radius 3 is 2.68 bits per heavy atom. The van der Waals surface area contributed by atoms with Crippen LogP contribution in [0.5, 0.6) is 0 Å². The van der Waals surface area contributed by atoms with Crippen molar-refractivity contribution < 1.29 is 0 Å². The second-order valence-corrected chi connectivity index (χ2v) is 7.14. The lowest BCUT2D eigenvalue weighted by molar-refractivity contribution is 0.360. The molecule has 1 aromatic heterocycles. The number of benzene rings is 1. The van der Waals surface area contributed by atoms with E-state index in [2.05, 4.69) is 27.8 Å². The molecule has 1 aliphatic heterocycles. The largest absolute Gasteiger partial charge is 0.315 e. The predicted molar refractivity (Wildman–Crippen MR) is 101 cm³/mol. The molecule has 1 aromatic carbocycles. The summed E-state index contributed by atoms with van der Waals surface area (Å²) in [5.74, 6) is 0.942. The second-order valence-electron chi connectivity index (χ2n) is 7.14. The molecule has 2 aromatic rings. The highest BCUT2D eigenvalue weighted by Gasteiger charge is 2.24. The molecule has 1 fully saturated rings. The van der Waals surface area contributed by atoms with Gasteiger partial charge in [-0.3, -0.25) is 14.7 Å². The summed E-state index contributed by atoms with van der Waals surface area (Å²) in [7, 11) is 1.83. The van der Waals surface area contributed by atoms with Gasteiger partial charge in [-0.1, -0.05) is 44.2 Å². The van der Waals surface area contributed by atoms with Gasteiger partial charge in [-0.25, -0.2) is 4.98 Å². The Bertz CT molecular complexity index is 748. The van der Waals surface area contributed by atoms with E-state index in [4.69, 9.17) is 0 Å². The minimum atomic E-state index is -0.0926. The molecular weight excluding hydrogens is 312 g/mol. The summed E-state index contributed by atoms with van der Waals surface area (Å²) >= 11 is 0. The van der Waals surface area contributed by atoms with Gasteiger partial charge in [-0.2, -0.15) is 0 Å². The monoisotopic (exact) mass is 340 g/mol. The van der Waals surface area contributed by atoms with Crippen LogP contribution in [-0.2, 0) is 7.05 Å². The fourth-order valence-corrected chi connectivity index (χ4v) is 3.43. The third kappa shape index (κ3) is 3.99. The van der Waals surface area contributed by atoms with E-state index in [0.29, 0.717) is 6.04 Å². The minimum Gasteiger partial charge on any atom is -0.315 e. The lowest BCUT2D eigenvalue weighted by atomic mass is 10.0. The molecule has 2 heterocycles. The Balaban J connectivity index is 1.99. The minimum absolute atomic E-state index is 0.0458. The highest BCUT2D eigenvalue weighted by molar-refractivity contribution is 5.26. The van der Waals surface area contributed by atoms with Crippen molar-refractivity contribution in [2.45, 2.75) is 44.7 Å². The van der Waals surface area contributed by atoms with Crippen molar-refractivity contribution in [2.24, 2.45) is 7.05 Å². The first-order chi connectivity index (χ1) is 12.1. The quantitative estimate of drug-likeness (QED) is 0.877. The topological polar surface area (TPSA) is 59.0 Å². The Labute approximate surface area is 149 Å². The zero-order valence-corrected chi connectivity index (χ0v) is 15.3. The van der Waals surface area contributed by atoms with Gasteiger partial charge in [0.25, 0.3) is 5.56 Å². The van der Waals surface area contributed by atoms with Crippen molar-refractivity contribution >= 4 is 0 Å². The number of piperidine rings is 1. The smallest absolute Gasteiger partial charge is 0.256 e. The molecule has 1 unspecified atom stereocenters. The third-order valence-corrected chi connectivity index (χ3v) is 4.94. The molecule has 3 rings (SSSR count). The fraction of sp³-hybridized carbons (Fsp3) is 0.500. The lowest BCUT2D eigenvalue weighted by Crippen LogP contribution is -2.46. The van der Waals surface area contributed by atoms with Gasteiger partial charge in [0, 0.05) is 31.4 Å². The first kappa shape index (κ1) is 17.8.